The molecule has 0 N–H and O–H groups in total. The first-order valence-electron chi connectivity index (χ1n) is 45.0. The van der Waals surface area contributed by atoms with Crippen LogP contribution in [0.3, 0.4) is 0 Å². The van der Waals surface area contributed by atoms with Crippen LogP contribution in [0.2, 0.25) is 0 Å². The van der Waals surface area contributed by atoms with E-state index in [0.717, 1.165) is 0 Å². The molecule has 3 fully saturated rings. The van der Waals surface area contributed by atoms with Gasteiger partial charge >= 0.3 is 62.0 Å². The zero-order valence-corrected chi connectivity index (χ0v) is 77.0. The minimum Gasteiger partial charge on any atom is -0.497 e. The monoisotopic (exact) mass is 1910 g/mol. The maximum Gasteiger partial charge on any atom is 0.753 e. The standard InChI is InChI=1S/C108H100NO29P/c1-6-109(7-2,8-3)138-139(119)137-107-95(134-104(118)78-55-35-17-36-56-78)91(131-101(115)75-49-29-14-30-50-75)89(85(127-107)68-123-97(111)71-41-21-10-22-42-71)135-105-94(133-103(117)77-53-33-16-34-54-77)92(88(129-99(113)73-45-25-12-26-46-73)86(126-105)69-124-108(79-57-37-18-38-58-79,80-59-63-82(120-4)64-60-80)81-61-65-83(121-5)66-62-81)136-106-93(132-102(116)76-51-31-15-32-52-76)90(130-100(114)74-47-27-13-28-48-74)87(128-98(112)72-43-23-11-24-44-72)84(125-106)67-122-96(110)70-39-19-9-20-40-70/h9-66,84-95,105-107H,6-8,67-69H2,1-5H3/q+2/t84-,85-,86-,87+,88+,89-,90+,91+,92+,93-,94-,95+,105+,106+,107-/m1/s1. The number of hydrogen-bond donors (Lipinski definition) is 0. The number of esters is 9. The number of methoxy groups -OCH3 is 2. The summed E-state index contributed by atoms with van der Waals surface area (Å²) in [4.78, 5) is 139. The van der Waals surface area contributed by atoms with Crippen molar-refractivity contribution in [1.82, 2.24) is 0 Å². The zero-order valence-electron chi connectivity index (χ0n) is 76.1. The molecule has 0 radical (unpaired) electrons. The van der Waals surface area contributed by atoms with Crippen molar-refractivity contribution in [3.63, 3.8) is 0 Å². The van der Waals surface area contributed by atoms with Gasteiger partial charge in [-0.25, -0.2) is 43.2 Å². The molecule has 30 nitrogen and oxygen atoms in total. The van der Waals surface area contributed by atoms with Gasteiger partial charge in [0.05, 0.1) is 75.5 Å². The molecule has 0 aromatic heterocycles. The van der Waals surface area contributed by atoms with Gasteiger partial charge in [-0.3, -0.25) is 0 Å². The van der Waals surface area contributed by atoms with E-state index in [9.17, 15) is 9.59 Å². The average molecular weight is 1910 g/mol. The molecule has 3 saturated heterocycles. The lowest BCUT2D eigenvalue weighted by atomic mass is 9.80. The molecule has 714 valence electrons. The quantitative estimate of drug-likeness (QED) is 0.00862. The van der Waals surface area contributed by atoms with Gasteiger partial charge in [-0.2, -0.15) is 0 Å². The number of rotatable bonds is 39. The molecule has 0 bridgehead atoms. The molecule has 0 spiro atoms. The third-order valence-corrected chi connectivity index (χ3v) is 24.6. The Kier molecular flexibility index (Phi) is 33.6. The first kappa shape index (κ1) is 98.7. The highest BCUT2D eigenvalue weighted by atomic mass is 31.1. The number of ether oxygens (including phenoxy) is 17. The lowest BCUT2D eigenvalue weighted by Crippen LogP contribution is -2.69. The highest BCUT2D eigenvalue weighted by Crippen LogP contribution is 2.47. The highest BCUT2D eigenvalue weighted by Gasteiger charge is 2.63. The van der Waals surface area contributed by atoms with E-state index in [2.05, 4.69) is 0 Å². The van der Waals surface area contributed by atoms with Gasteiger partial charge in [0.15, 0.2) is 55.3 Å². The van der Waals surface area contributed by atoms with Gasteiger partial charge in [0, 0.05) is 4.57 Å². The summed E-state index contributed by atoms with van der Waals surface area (Å²) in [6.45, 7) is 3.41. The molecule has 12 aromatic carbocycles. The average Bonchev–Trinajstić information content (AvgIpc) is 0.744. The number of carbonyl (C=O) groups excluding carboxylic acids is 9. The summed E-state index contributed by atoms with van der Waals surface area (Å²) in [5.74, 6) is -9.00. The van der Waals surface area contributed by atoms with E-state index in [1.165, 1.54) is 160 Å². The first-order valence-corrected chi connectivity index (χ1v) is 46.1. The molecule has 3 aliphatic rings. The fraction of sp³-hybridized carbons (Fsp3) is 0.250. The SMILES string of the molecule is CC[N+](CC)(CC)O[P+](=O)O[C@H]1O[C@H](COC(=O)c2ccccc2)[C@@H](O[C@@H]2O[C@H](COC(c3ccccc3)(c3ccc(OC)cc3)c3ccc(OC)cc3)[C@H](OC(=O)c3ccccc3)[C@H](O[C@@H]3O[C@H](COC(=O)c4ccccc4)[C@H](OC(=O)c4ccccc4)[C@H](OC(=O)c4ccccc4)[C@H]3OC(=O)c3ccccc3)[C@H]2OC(=O)c2ccccc2)[C@H](OC(=O)c2ccccc2)[C@@H]1OC(=O)c1ccccc1. The Bertz CT molecular complexity index is 6040. The largest absolute Gasteiger partial charge is 0.753 e. The summed E-state index contributed by atoms with van der Waals surface area (Å²) in [6, 6.07) is 91.2. The summed E-state index contributed by atoms with van der Waals surface area (Å²) < 4.78 is 144. The predicted molar refractivity (Wildman–Crippen MR) is 499 cm³/mol. The Balaban J connectivity index is 0.999. The van der Waals surface area contributed by atoms with Crippen LogP contribution in [0.25, 0.3) is 0 Å². The highest BCUT2D eigenvalue weighted by molar-refractivity contribution is 7.33. The van der Waals surface area contributed by atoms with E-state index in [0.29, 0.717) is 28.2 Å². The number of benzene rings is 12. The van der Waals surface area contributed by atoms with Crippen molar-refractivity contribution in [3.05, 3.63) is 419 Å². The Morgan fingerprint density at radius 2 is 0.511 bits per heavy atom. The molecule has 31 heteroatoms. The fourth-order valence-corrected chi connectivity index (χ4v) is 17.3. The topological polar surface area (TPSA) is 346 Å². The molecule has 0 amide bonds. The first-order chi connectivity index (χ1) is 67.8. The third-order valence-electron chi connectivity index (χ3n) is 23.7. The van der Waals surface area contributed by atoms with E-state index >= 15 is 38.1 Å². The summed E-state index contributed by atoms with van der Waals surface area (Å²) in [5.41, 5.74) is -1.23. The minimum atomic E-state index is -3.42. The molecule has 15 rings (SSSR count). The second kappa shape index (κ2) is 47.3. The Morgan fingerprint density at radius 1 is 0.273 bits per heavy atom. The molecule has 12 aromatic rings. The fourth-order valence-electron chi connectivity index (χ4n) is 16.3. The van der Waals surface area contributed by atoms with E-state index in [4.69, 9.17) is 89.7 Å². The van der Waals surface area contributed by atoms with Gasteiger partial charge in [0.25, 0.3) is 6.29 Å². The molecule has 0 aliphatic carbocycles. The van der Waals surface area contributed by atoms with Gasteiger partial charge in [-0.15, -0.1) is 4.65 Å². The lowest BCUT2D eigenvalue weighted by molar-refractivity contribution is -1.08. The Hall–Kier alpha value is -14.8. The van der Waals surface area contributed by atoms with Crippen LogP contribution < -0.4 is 9.47 Å². The van der Waals surface area contributed by atoms with Crippen LogP contribution in [-0.2, 0) is 90.4 Å². The summed E-state index contributed by atoms with van der Waals surface area (Å²) in [7, 11) is -0.425. The molecule has 1 unspecified atom stereocenters. The van der Waals surface area contributed by atoms with Crippen molar-refractivity contribution in [2.24, 2.45) is 0 Å². The lowest BCUT2D eigenvalue weighted by Gasteiger charge is -2.50. The van der Waals surface area contributed by atoms with Crippen LogP contribution in [0, 0.1) is 0 Å². The molecular formula is C108H100NO29P+2. The molecule has 139 heavy (non-hydrogen) atoms. The van der Waals surface area contributed by atoms with Crippen LogP contribution in [0.15, 0.2) is 352 Å². The normalized spacial score (nSPS) is 21.3. The van der Waals surface area contributed by atoms with E-state index in [1.807, 2.05) is 0 Å². The maximum atomic E-state index is 16.2. The van der Waals surface area contributed by atoms with Crippen LogP contribution in [0.5, 0.6) is 11.5 Å². The van der Waals surface area contributed by atoms with Crippen molar-refractivity contribution in [1.29, 1.82) is 0 Å². The molecule has 0 saturated carbocycles. The smallest absolute Gasteiger partial charge is 0.497 e. The van der Waals surface area contributed by atoms with Gasteiger partial charge in [0.2, 0.25) is 0 Å². The minimum absolute atomic E-state index is 0.0138. The molecule has 16 atom stereocenters. The van der Waals surface area contributed by atoms with E-state index in [1.54, 1.807) is 227 Å². The van der Waals surface area contributed by atoms with Crippen LogP contribution in [0.1, 0.15) is 131 Å². The van der Waals surface area contributed by atoms with Gasteiger partial charge < -0.3 is 80.5 Å². The predicted octanol–water partition coefficient (Wildman–Crippen LogP) is 16.7. The van der Waals surface area contributed by atoms with Crippen LogP contribution in [-0.4, -0.2) is 204 Å². The molecule has 3 heterocycles. The second-order valence-electron chi connectivity index (χ2n) is 32.1. The molecular weight excluding hydrogens is 1810 g/mol. The number of quaternary nitrogens is 1. The third kappa shape index (κ3) is 24.3. The molecule has 3 aliphatic heterocycles. The van der Waals surface area contributed by atoms with Crippen LogP contribution >= 0.6 is 8.25 Å². The summed E-state index contributed by atoms with van der Waals surface area (Å²) in [5, 5.41) is 0. The Morgan fingerprint density at radius 3 is 0.827 bits per heavy atom. The summed E-state index contributed by atoms with van der Waals surface area (Å²) in [6.07, 6.45) is -33.0. The number of hydroxylamine groups is 3. The number of hydrogen-bond acceptors (Lipinski definition) is 29. The van der Waals surface area contributed by atoms with Crippen molar-refractivity contribution < 1.29 is 142 Å². The van der Waals surface area contributed by atoms with E-state index < -0.39 is 180 Å². The Labute approximate surface area is 802 Å². The van der Waals surface area contributed by atoms with E-state index in [-0.39, 0.29) is 74.4 Å². The maximum absolute atomic E-state index is 16.2. The summed E-state index contributed by atoms with van der Waals surface area (Å²) >= 11 is 0. The second-order valence-corrected chi connectivity index (χ2v) is 33.0. The van der Waals surface area contributed by atoms with Gasteiger partial charge in [-0.1, -0.05) is 223 Å². The number of carbonyl (C=O) groups is 9. The zero-order chi connectivity index (χ0) is 97.2. The van der Waals surface area contributed by atoms with Crippen molar-refractivity contribution in [2.75, 3.05) is 53.7 Å². The van der Waals surface area contributed by atoms with Crippen molar-refractivity contribution in [2.45, 2.75) is 118 Å². The van der Waals surface area contributed by atoms with Crippen LogP contribution in [0.4, 0.5) is 0 Å². The number of nitrogens with zero attached hydrogens (tertiary/aromatic N) is 1. The van der Waals surface area contributed by atoms with Gasteiger partial charge in [0.1, 0.15) is 80.5 Å². The van der Waals surface area contributed by atoms with Crippen molar-refractivity contribution in [3.8, 4) is 11.5 Å². The van der Waals surface area contributed by atoms with Crippen molar-refractivity contribution >= 4 is 62.0 Å². The van der Waals surface area contributed by atoms with Gasteiger partial charge in [-0.05, 0) is 171 Å².